The van der Waals surface area contributed by atoms with Gasteiger partial charge >= 0.3 is 11.9 Å². The van der Waals surface area contributed by atoms with E-state index in [9.17, 15) is 9.59 Å². The van der Waals surface area contributed by atoms with Crippen LogP contribution in [0.15, 0.2) is 97.1 Å². The number of fused-ring (bicyclic) bond motifs is 2. The van der Waals surface area contributed by atoms with Gasteiger partial charge in [-0.25, -0.2) is 19.9 Å². The number of benzene rings is 4. The van der Waals surface area contributed by atoms with E-state index in [1.54, 1.807) is 14.2 Å². The third-order valence-electron chi connectivity index (χ3n) is 13.6. The number of nitrogens with zero attached hydrogens (tertiary/aromatic N) is 6. The van der Waals surface area contributed by atoms with Gasteiger partial charge in [-0.05, 0) is 60.3 Å². The summed E-state index contributed by atoms with van der Waals surface area (Å²) in [4.78, 5) is 47.9. The number of carboxylic acid groups (broad SMARTS) is 1. The van der Waals surface area contributed by atoms with Crippen molar-refractivity contribution in [2.45, 2.75) is 124 Å². The van der Waals surface area contributed by atoms with E-state index in [1.165, 1.54) is 22.3 Å². The van der Waals surface area contributed by atoms with Crippen LogP contribution >= 0.6 is 0 Å². The van der Waals surface area contributed by atoms with E-state index in [2.05, 4.69) is 135 Å². The topological polar surface area (TPSA) is 140 Å². The molecule has 0 bridgehead atoms. The number of hydrogen-bond donors (Lipinski definition) is 1. The van der Waals surface area contributed by atoms with Crippen LogP contribution in [0.5, 0.6) is 0 Å². The summed E-state index contributed by atoms with van der Waals surface area (Å²) in [5.74, 6) is 1.08. The molecule has 0 spiro atoms. The molecule has 4 aromatic carbocycles. The van der Waals surface area contributed by atoms with Crippen LogP contribution in [0.1, 0.15) is 105 Å². The predicted octanol–water partition coefficient (Wildman–Crippen LogP) is 12.2. The Labute approximate surface area is 427 Å². The summed E-state index contributed by atoms with van der Waals surface area (Å²) in [5, 5.41) is 8.86. The van der Waals surface area contributed by atoms with Crippen molar-refractivity contribution in [1.29, 1.82) is 0 Å². The van der Waals surface area contributed by atoms with E-state index in [0.29, 0.717) is 13.0 Å². The Balaban J connectivity index is 0.000000212. The second-order valence-electron chi connectivity index (χ2n) is 19.4. The molecule has 0 amide bonds. The number of carbonyl (C=O) groups is 2. The molecule has 4 heterocycles. The van der Waals surface area contributed by atoms with Gasteiger partial charge in [0.1, 0.15) is 0 Å². The number of ether oxygens (including phenoxy) is 3. The maximum atomic E-state index is 11.6. The van der Waals surface area contributed by atoms with Gasteiger partial charge in [-0.1, -0.05) is 145 Å². The molecule has 2 unspecified atom stereocenters. The first-order valence-corrected chi connectivity index (χ1v) is 26.0. The Morgan fingerprint density at radius 2 is 0.833 bits per heavy atom. The SMILES string of the molecule is CCOC(=O)CCCCCCN1CC(OC)Cc2nc(-c3ccc(C)cc3)c(-c3ccc(C)cc3)nc21.COC1Cc2nc(-c3ccc(C)cc3)c(-c3ccc(C)cc3)nc2N(CCCCCCC(=O)O)C1. The van der Waals surface area contributed by atoms with Crippen LogP contribution in [0, 0.1) is 27.7 Å². The van der Waals surface area contributed by atoms with E-state index in [4.69, 9.17) is 39.3 Å². The minimum absolute atomic E-state index is 0.0694. The summed E-state index contributed by atoms with van der Waals surface area (Å²) < 4.78 is 16.6. The first-order chi connectivity index (χ1) is 34.9. The highest BCUT2D eigenvalue weighted by Crippen LogP contribution is 2.37. The summed E-state index contributed by atoms with van der Waals surface area (Å²) in [6.07, 6.45) is 9.98. The molecule has 0 saturated carbocycles. The van der Waals surface area contributed by atoms with Crippen molar-refractivity contribution in [3.8, 4) is 45.0 Å². The molecule has 2 atom stereocenters. The molecule has 380 valence electrons. The first kappa shape index (κ1) is 53.3. The molecule has 0 saturated heterocycles. The summed E-state index contributed by atoms with van der Waals surface area (Å²) in [6.45, 7) is 14.0. The predicted molar refractivity (Wildman–Crippen MR) is 289 cm³/mol. The second-order valence-corrected chi connectivity index (χ2v) is 19.4. The van der Waals surface area contributed by atoms with Gasteiger partial charge in [-0.15, -0.1) is 0 Å². The van der Waals surface area contributed by atoms with Crippen molar-refractivity contribution in [2.75, 3.05) is 56.8 Å². The van der Waals surface area contributed by atoms with Crippen LogP contribution in [0.3, 0.4) is 0 Å². The zero-order valence-corrected chi connectivity index (χ0v) is 43.6. The fraction of sp³-hybridized carbons (Fsp3) is 0.433. The van der Waals surface area contributed by atoms with Gasteiger partial charge in [0.2, 0.25) is 0 Å². The lowest BCUT2D eigenvalue weighted by atomic mass is 10.00. The number of aromatic nitrogens is 4. The van der Waals surface area contributed by atoms with Crippen molar-refractivity contribution in [3.05, 3.63) is 131 Å². The number of rotatable bonds is 21. The van der Waals surface area contributed by atoms with Crippen molar-refractivity contribution in [1.82, 2.24) is 19.9 Å². The average Bonchev–Trinajstić information content (AvgIpc) is 3.38. The molecule has 2 aliphatic rings. The van der Waals surface area contributed by atoms with Crippen LogP contribution in [-0.2, 0) is 36.6 Å². The van der Waals surface area contributed by atoms with Gasteiger partial charge < -0.3 is 29.1 Å². The molecule has 8 rings (SSSR count). The number of aryl methyl sites for hydroxylation is 4. The Kier molecular flexibility index (Phi) is 19.4. The lowest BCUT2D eigenvalue weighted by Crippen LogP contribution is -2.41. The summed E-state index contributed by atoms with van der Waals surface area (Å²) >= 11 is 0. The molecule has 12 heteroatoms. The number of unbranched alkanes of at least 4 members (excludes halogenated alkanes) is 6. The van der Waals surface area contributed by atoms with Crippen molar-refractivity contribution >= 4 is 23.6 Å². The lowest BCUT2D eigenvalue weighted by Gasteiger charge is -2.34. The maximum Gasteiger partial charge on any atom is 0.305 e. The minimum Gasteiger partial charge on any atom is -0.481 e. The summed E-state index contributed by atoms with van der Waals surface area (Å²) in [5.41, 5.74) is 14.7. The van der Waals surface area contributed by atoms with Gasteiger partial charge in [0.15, 0.2) is 11.6 Å². The van der Waals surface area contributed by atoms with Gasteiger partial charge in [-0.2, -0.15) is 0 Å². The fourth-order valence-corrected chi connectivity index (χ4v) is 9.38. The molecule has 2 aromatic heterocycles. The molecular weight excluding hydrogens is 901 g/mol. The van der Waals surface area contributed by atoms with Crippen LogP contribution < -0.4 is 9.80 Å². The Bertz CT molecular complexity index is 2690. The van der Waals surface area contributed by atoms with Gasteiger partial charge in [0.05, 0.1) is 53.0 Å². The van der Waals surface area contributed by atoms with E-state index in [0.717, 1.165) is 158 Å². The standard InChI is InChI=1S/C31H39N3O3.C29H35N3O3/c1-5-37-28(35)10-8-6-7-9-19-34-21-26(36-4)20-27-31(34)33-30(25-17-13-23(3)14-18-25)29(32-27)24-15-11-22(2)12-16-24;1-20-9-13-22(14-10-20)27-28(23-15-11-21(2)12-16-23)31-29-25(30-27)18-24(35-3)19-32(29)17-7-5-4-6-8-26(33)34/h11-18,26H,5-10,19-21H2,1-4H3;9-16,24H,4-8,17-19H2,1-3H3,(H,33,34). The monoisotopic (exact) mass is 975 g/mol. The van der Waals surface area contributed by atoms with Crippen molar-refractivity contribution < 1.29 is 28.9 Å². The van der Waals surface area contributed by atoms with Crippen LogP contribution in [0.25, 0.3) is 45.0 Å². The molecule has 12 nitrogen and oxygen atoms in total. The second kappa shape index (κ2) is 26.3. The largest absolute Gasteiger partial charge is 0.481 e. The number of carbonyl (C=O) groups excluding carboxylic acids is 1. The molecule has 2 aliphatic heterocycles. The summed E-state index contributed by atoms with van der Waals surface area (Å²) in [6, 6.07) is 34.0. The molecule has 0 fully saturated rings. The quantitative estimate of drug-likeness (QED) is 0.0542. The molecule has 72 heavy (non-hydrogen) atoms. The van der Waals surface area contributed by atoms with E-state index in [1.807, 2.05) is 6.92 Å². The minimum atomic E-state index is -0.721. The van der Waals surface area contributed by atoms with Gasteiger partial charge in [-0.3, -0.25) is 9.59 Å². The fourth-order valence-electron chi connectivity index (χ4n) is 9.38. The average molecular weight is 975 g/mol. The van der Waals surface area contributed by atoms with Crippen molar-refractivity contribution in [3.63, 3.8) is 0 Å². The number of esters is 1. The highest BCUT2D eigenvalue weighted by atomic mass is 16.5. The molecule has 0 aliphatic carbocycles. The Hall–Kier alpha value is -6.50. The highest BCUT2D eigenvalue weighted by Gasteiger charge is 2.31. The maximum absolute atomic E-state index is 11.6. The van der Waals surface area contributed by atoms with Crippen molar-refractivity contribution in [2.24, 2.45) is 0 Å². The van der Waals surface area contributed by atoms with Crippen LogP contribution in [0.2, 0.25) is 0 Å². The van der Waals surface area contributed by atoms with E-state index >= 15 is 0 Å². The number of aliphatic carboxylic acids is 1. The Morgan fingerprint density at radius 3 is 1.17 bits per heavy atom. The molecule has 1 N–H and O–H groups in total. The summed E-state index contributed by atoms with van der Waals surface area (Å²) in [7, 11) is 3.53. The first-order valence-electron chi connectivity index (χ1n) is 26.0. The number of carboxylic acids is 1. The smallest absolute Gasteiger partial charge is 0.305 e. The Morgan fingerprint density at radius 1 is 0.500 bits per heavy atom. The van der Waals surface area contributed by atoms with Gasteiger partial charge in [0, 0.05) is 88.3 Å². The number of anilines is 2. The molecule has 6 aromatic rings. The number of hydrogen-bond acceptors (Lipinski definition) is 11. The third-order valence-corrected chi connectivity index (χ3v) is 13.6. The van der Waals surface area contributed by atoms with Crippen LogP contribution in [0.4, 0.5) is 11.6 Å². The van der Waals surface area contributed by atoms with E-state index in [-0.39, 0.29) is 24.6 Å². The molecular formula is C60H74N6O6. The normalized spacial score (nSPS) is 15.0. The van der Waals surface area contributed by atoms with E-state index < -0.39 is 5.97 Å². The van der Waals surface area contributed by atoms with Gasteiger partial charge in [0.25, 0.3) is 0 Å². The lowest BCUT2D eigenvalue weighted by molar-refractivity contribution is -0.143. The zero-order valence-electron chi connectivity index (χ0n) is 43.6. The zero-order chi connectivity index (χ0) is 51.0. The van der Waals surface area contributed by atoms with Crippen LogP contribution in [-0.4, -0.2) is 96.2 Å². The number of methoxy groups -OCH3 is 2. The molecule has 0 radical (unpaired) electrons. The highest BCUT2D eigenvalue weighted by molar-refractivity contribution is 5.81. The third kappa shape index (κ3) is 14.6.